The van der Waals surface area contributed by atoms with Gasteiger partial charge in [-0.1, -0.05) is 0 Å². The van der Waals surface area contributed by atoms with Crippen molar-refractivity contribution < 1.29 is 4.79 Å². The van der Waals surface area contributed by atoms with Crippen molar-refractivity contribution in [3.05, 3.63) is 42.0 Å². The van der Waals surface area contributed by atoms with E-state index in [1.807, 2.05) is 28.0 Å². The Morgan fingerprint density at radius 2 is 2.12 bits per heavy atom. The van der Waals surface area contributed by atoms with Gasteiger partial charge in [-0.15, -0.1) is 0 Å². The van der Waals surface area contributed by atoms with E-state index >= 15 is 0 Å². The van der Waals surface area contributed by atoms with Crippen LogP contribution in [0.15, 0.2) is 30.6 Å². The molecule has 1 saturated heterocycles. The van der Waals surface area contributed by atoms with E-state index in [2.05, 4.69) is 39.4 Å². The van der Waals surface area contributed by atoms with Gasteiger partial charge >= 0.3 is 0 Å². The number of benzene rings is 1. The van der Waals surface area contributed by atoms with Gasteiger partial charge in [0, 0.05) is 68.8 Å². The maximum atomic E-state index is 12.3. The number of hydrogen-bond acceptors (Lipinski definition) is 5. The summed E-state index contributed by atoms with van der Waals surface area (Å²) in [6.07, 6.45) is 9.07. The normalized spacial score (nSPS) is 18.2. The summed E-state index contributed by atoms with van der Waals surface area (Å²) in [5, 5.41) is 11.3. The average molecular weight is 436 g/mol. The smallest absolute Gasteiger partial charge is 0.236 e. The third kappa shape index (κ3) is 4.37. The van der Waals surface area contributed by atoms with E-state index in [0.717, 1.165) is 76.2 Å². The number of amides is 1. The fourth-order valence-electron chi connectivity index (χ4n) is 4.93. The van der Waals surface area contributed by atoms with Crippen molar-refractivity contribution in [3.8, 4) is 0 Å². The zero-order valence-corrected chi connectivity index (χ0v) is 18.9. The molecule has 0 radical (unpaired) electrons. The van der Waals surface area contributed by atoms with E-state index in [-0.39, 0.29) is 5.91 Å². The lowest BCUT2D eigenvalue weighted by atomic mass is 9.98. The van der Waals surface area contributed by atoms with Gasteiger partial charge in [0.05, 0.1) is 17.6 Å². The molecular formula is C24H33N7O. The van der Waals surface area contributed by atoms with Crippen LogP contribution < -0.4 is 10.6 Å². The van der Waals surface area contributed by atoms with Crippen LogP contribution >= 0.6 is 0 Å². The Hall–Kier alpha value is -2.87. The molecule has 1 atom stereocenters. The van der Waals surface area contributed by atoms with E-state index in [9.17, 15) is 4.79 Å². The van der Waals surface area contributed by atoms with Crippen molar-refractivity contribution in [1.29, 1.82) is 0 Å². The van der Waals surface area contributed by atoms with Gasteiger partial charge in [-0.05, 0) is 50.8 Å². The van der Waals surface area contributed by atoms with Gasteiger partial charge in [0.2, 0.25) is 5.91 Å². The Bertz CT molecular complexity index is 1070. The highest BCUT2D eigenvalue weighted by molar-refractivity contribution is 5.86. The number of imidazole rings is 1. The lowest BCUT2D eigenvalue weighted by Gasteiger charge is -2.24. The fraction of sp³-hybridized carbons (Fsp3) is 0.542. The van der Waals surface area contributed by atoms with Crippen LogP contribution in [0.4, 0.5) is 5.69 Å². The molecule has 5 rings (SSSR count). The fourth-order valence-corrected chi connectivity index (χ4v) is 4.93. The van der Waals surface area contributed by atoms with Crippen molar-refractivity contribution in [2.45, 2.75) is 58.2 Å². The maximum absolute atomic E-state index is 12.3. The molecule has 2 aliphatic heterocycles. The SMILES string of the molecule is C[C@H]1CCc2c(ccc3c2nc(CCn2cccn2)n3CCNCC(=O)N2CCCC2)N1. The Labute approximate surface area is 189 Å². The first-order valence-electron chi connectivity index (χ1n) is 11.9. The zero-order chi connectivity index (χ0) is 21.9. The molecule has 1 amide bonds. The molecule has 3 aromatic rings. The quantitative estimate of drug-likeness (QED) is 0.531. The number of carbonyl (C=O) groups excluding carboxylic acids is 1. The highest BCUT2D eigenvalue weighted by Crippen LogP contribution is 2.32. The van der Waals surface area contributed by atoms with Gasteiger partial charge in [-0.3, -0.25) is 9.48 Å². The molecule has 0 bridgehead atoms. The molecule has 0 unspecified atom stereocenters. The first kappa shape index (κ1) is 21.0. The molecule has 32 heavy (non-hydrogen) atoms. The van der Waals surface area contributed by atoms with Crippen LogP contribution in [-0.2, 0) is 30.7 Å². The second kappa shape index (κ2) is 9.32. The monoisotopic (exact) mass is 435 g/mol. The predicted molar refractivity (Wildman–Crippen MR) is 126 cm³/mol. The largest absolute Gasteiger partial charge is 0.382 e. The molecule has 8 nitrogen and oxygen atoms in total. The Balaban J connectivity index is 1.33. The number of fused-ring (bicyclic) bond motifs is 3. The topological polar surface area (TPSA) is 80.0 Å². The lowest BCUT2D eigenvalue weighted by molar-refractivity contribution is -0.129. The molecule has 170 valence electrons. The van der Waals surface area contributed by atoms with Crippen molar-refractivity contribution in [2.75, 3.05) is 31.5 Å². The molecular weight excluding hydrogens is 402 g/mol. The van der Waals surface area contributed by atoms with E-state index < -0.39 is 0 Å². The van der Waals surface area contributed by atoms with Crippen molar-refractivity contribution >= 4 is 22.6 Å². The van der Waals surface area contributed by atoms with E-state index in [1.54, 1.807) is 0 Å². The molecule has 4 heterocycles. The predicted octanol–water partition coefficient (Wildman–Crippen LogP) is 2.43. The minimum Gasteiger partial charge on any atom is -0.382 e. The van der Waals surface area contributed by atoms with Crippen LogP contribution in [0.25, 0.3) is 11.0 Å². The van der Waals surface area contributed by atoms with Crippen molar-refractivity contribution in [3.63, 3.8) is 0 Å². The second-order valence-corrected chi connectivity index (χ2v) is 9.01. The van der Waals surface area contributed by atoms with E-state index in [0.29, 0.717) is 12.6 Å². The van der Waals surface area contributed by atoms with Gasteiger partial charge in [0.25, 0.3) is 0 Å². The first-order valence-corrected chi connectivity index (χ1v) is 11.9. The highest BCUT2D eigenvalue weighted by Gasteiger charge is 2.21. The summed E-state index contributed by atoms with van der Waals surface area (Å²) in [4.78, 5) is 19.4. The van der Waals surface area contributed by atoms with Gasteiger partial charge < -0.3 is 20.1 Å². The van der Waals surface area contributed by atoms with Crippen LogP contribution in [0.2, 0.25) is 0 Å². The third-order valence-corrected chi connectivity index (χ3v) is 6.70. The van der Waals surface area contributed by atoms with Crippen LogP contribution in [0.1, 0.15) is 37.6 Å². The molecule has 2 N–H and O–H groups in total. The number of anilines is 1. The minimum absolute atomic E-state index is 0.214. The molecule has 0 aliphatic carbocycles. The molecule has 1 fully saturated rings. The summed E-state index contributed by atoms with van der Waals surface area (Å²) in [5.74, 6) is 1.29. The summed E-state index contributed by atoms with van der Waals surface area (Å²) in [6, 6.07) is 6.85. The van der Waals surface area contributed by atoms with Gasteiger partial charge in [-0.25, -0.2) is 4.98 Å². The second-order valence-electron chi connectivity index (χ2n) is 9.01. The molecule has 8 heteroatoms. The third-order valence-electron chi connectivity index (χ3n) is 6.70. The standard InChI is InChI=1S/C24H33N7O/c1-18-5-6-19-20(27-18)7-8-21-24(19)28-22(9-15-30-14-4-10-26-30)31(21)16-11-25-17-23(32)29-12-2-3-13-29/h4,7-8,10,14,18,25,27H,2-3,5-6,9,11-13,15-17H2,1H3/t18-/m0/s1. The summed E-state index contributed by atoms with van der Waals surface area (Å²) < 4.78 is 4.28. The number of hydrogen-bond donors (Lipinski definition) is 2. The number of nitrogens with zero attached hydrogens (tertiary/aromatic N) is 5. The Kier molecular flexibility index (Phi) is 6.12. The lowest BCUT2D eigenvalue weighted by Crippen LogP contribution is -2.37. The highest BCUT2D eigenvalue weighted by atomic mass is 16.2. The Morgan fingerprint density at radius 3 is 2.94 bits per heavy atom. The molecule has 2 aliphatic rings. The summed E-state index contributed by atoms with van der Waals surface area (Å²) >= 11 is 0. The van der Waals surface area contributed by atoms with Crippen LogP contribution in [0.5, 0.6) is 0 Å². The number of likely N-dealkylation sites (tertiary alicyclic amines) is 1. The number of carbonyl (C=O) groups is 1. The Morgan fingerprint density at radius 1 is 1.25 bits per heavy atom. The molecule has 0 spiro atoms. The number of aromatic nitrogens is 4. The number of nitrogens with one attached hydrogen (secondary N) is 2. The average Bonchev–Trinajstić information content (AvgIpc) is 3.56. The number of aryl methyl sites for hydroxylation is 3. The summed E-state index contributed by atoms with van der Waals surface area (Å²) in [6.45, 7) is 6.79. The van der Waals surface area contributed by atoms with E-state index in [1.165, 1.54) is 16.8 Å². The van der Waals surface area contributed by atoms with Gasteiger partial charge in [-0.2, -0.15) is 5.10 Å². The van der Waals surface area contributed by atoms with Crippen molar-refractivity contribution in [2.24, 2.45) is 0 Å². The van der Waals surface area contributed by atoms with Gasteiger partial charge in [0.1, 0.15) is 5.82 Å². The zero-order valence-electron chi connectivity index (χ0n) is 18.9. The van der Waals surface area contributed by atoms with Crippen LogP contribution in [-0.4, -0.2) is 62.4 Å². The first-order chi connectivity index (χ1) is 15.7. The molecule has 2 aromatic heterocycles. The molecule has 1 aromatic carbocycles. The number of rotatable bonds is 8. The molecule has 0 saturated carbocycles. The summed E-state index contributed by atoms with van der Waals surface area (Å²) in [7, 11) is 0. The maximum Gasteiger partial charge on any atom is 0.236 e. The van der Waals surface area contributed by atoms with E-state index in [4.69, 9.17) is 4.98 Å². The van der Waals surface area contributed by atoms with Crippen LogP contribution in [0.3, 0.4) is 0 Å². The van der Waals surface area contributed by atoms with Crippen LogP contribution in [0, 0.1) is 0 Å². The minimum atomic E-state index is 0.214. The summed E-state index contributed by atoms with van der Waals surface area (Å²) in [5.41, 5.74) is 4.85. The van der Waals surface area contributed by atoms with Crippen molar-refractivity contribution in [1.82, 2.24) is 29.5 Å². The van der Waals surface area contributed by atoms with Gasteiger partial charge in [0.15, 0.2) is 0 Å².